The van der Waals surface area contributed by atoms with Crippen LogP contribution in [0, 0.1) is 5.82 Å². The predicted molar refractivity (Wildman–Crippen MR) is 93.4 cm³/mol. The molecule has 156 valence electrons. The lowest BCUT2D eigenvalue weighted by Gasteiger charge is -2.35. The molecule has 1 amide bonds. The van der Waals surface area contributed by atoms with Gasteiger partial charge in [-0.2, -0.15) is 0 Å². The number of alkyl halides is 4. The molecule has 1 aliphatic rings. The number of ether oxygens (including phenoxy) is 1. The van der Waals surface area contributed by atoms with Crippen LogP contribution in [0.2, 0.25) is 0 Å². The van der Waals surface area contributed by atoms with Crippen LogP contribution in [-0.4, -0.2) is 47.5 Å². The minimum atomic E-state index is -5.00. The van der Waals surface area contributed by atoms with E-state index in [9.17, 15) is 26.7 Å². The third-order valence-corrected chi connectivity index (χ3v) is 4.36. The first-order valence-corrected chi connectivity index (χ1v) is 8.66. The van der Waals surface area contributed by atoms with Gasteiger partial charge in [-0.25, -0.2) is 18.7 Å². The van der Waals surface area contributed by atoms with Crippen molar-refractivity contribution in [2.75, 3.05) is 18.0 Å². The molecule has 0 unspecified atom stereocenters. The topological polar surface area (TPSA) is 67.4 Å². The van der Waals surface area contributed by atoms with Gasteiger partial charge < -0.3 is 15.0 Å². The van der Waals surface area contributed by atoms with Gasteiger partial charge in [0.15, 0.2) is 11.6 Å². The maximum absolute atomic E-state index is 14.3. The molecule has 0 aliphatic carbocycles. The summed E-state index contributed by atoms with van der Waals surface area (Å²) in [6.45, 7) is 1.74. The molecule has 3 rings (SSSR count). The van der Waals surface area contributed by atoms with Gasteiger partial charge in [0.05, 0.1) is 18.3 Å². The van der Waals surface area contributed by atoms with Gasteiger partial charge in [-0.1, -0.05) is 0 Å². The Kier molecular flexibility index (Phi) is 5.85. The lowest BCUT2D eigenvalue weighted by atomic mass is 10.0. The summed E-state index contributed by atoms with van der Waals surface area (Å²) >= 11 is 0. The molecule has 1 aliphatic heterocycles. The zero-order chi connectivity index (χ0) is 21.2. The molecule has 11 heteroatoms. The van der Waals surface area contributed by atoms with E-state index in [1.54, 1.807) is 4.90 Å². The second-order valence-corrected chi connectivity index (χ2v) is 6.51. The molecule has 1 aromatic heterocycles. The van der Waals surface area contributed by atoms with E-state index in [0.717, 1.165) is 12.1 Å². The van der Waals surface area contributed by atoms with Gasteiger partial charge in [-0.05, 0) is 24.6 Å². The molecular weight excluding hydrogens is 399 g/mol. The number of nitrogens with one attached hydrogen (secondary N) is 1. The predicted octanol–water partition coefficient (Wildman–Crippen LogP) is 3.23. The fourth-order valence-corrected chi connectivity index (χ4v) is 3.08. The Bertz CT molecular complexity index is 893. The number of rotatable bonds is 4. The molecule has 2 atom stereocenters. The normalized spacial score (nSPS) is 19.7. The SMILES string of the molecule is CC(=O)N[C@H]1CCN(c2cc(-c3ccc(OC(F)(F)F)c(F)c3)ncn2)C[C@H]1F. The van der Waals surface area contributed by atoms with Gasteiger partial charge in [-0.15, -0.1) is 13.2 Å². The van der Waals surface area contributed by atoms with Crippen molar-refractivity contribution in [2.24, 2.45) is 0 Å². The quantitative estimate of drug-likeness (QED) is 0.776. The molecule has 0 spiro atoms. The Hall–Kier alpha value is -2.98. The average Bonchev–Trinajstić information content (AvgIpc) is 2.64. The highest BCUT2D eigenvalue weighted by Crippen LogP contribution is 2.30. The number of carbonyl (C=O) groups is 1. The molecule has 0 radical (unpaired) electrons. The van der Waals surface area contributed by atoms with Crippen LogP contribution in [0.25, 0.3) is 11.3 Å². The summed E-state index contributed by atoms with van der Waals surface area (Å²) < 4.78 is 68.7. The number of anilines is 1. The van der Waals surface area contributed by atoms with Gasteiger partial charge >= 0.3 is 6.36 Å². The van der Waals surface area contributed by atoms with Crippen LogP contribution in [-0.2, 0) is 4.79 Å². The molecule has 0 saturated carbocycles. The maximum Gasteiger partial charge on any atom is 0.573 e. The second kappa shape index (κ2) is 8.18. The first kappa shape index (κ1) is 20.7. The number of carbonyl (C=O) groups excluding carboxylic acids is 1. The van der Waals surface area contributed by atoms with E-state index in [-0.39, 0.29) is 23.7 Å². The van der Waals surface area contributed by atoms with Crippen LogP contribution in [0.5, 0.6) is 5.75 Å². The number of hydrogen-bond acceptors (Lipinski definition) is 5. The standard InChI is InChI=1S/C18H17F5N4O2/c1-10(28)26-14-4-5-27(8-13(14)20)17-7-15(24-9-25-17)11-2-3-16(12(19)6-11)29-18(21,22)23/h2-3,6-7,9,13-14H,4-5,8H2,1H3,(H,26,28)/t13-,14+/m1/s1. The highest BCUT2D eigenvalue weighted by atomic mass is 19.4. The Balaban J connectivity index is 1.77. The smallest absolute Gasteiger partial charge is 0.403 e. The van der Waals surface area contributed by atoms with Crippen LogP contribution in [0.3, 0.4) is 0 Å². The molecule has 0 bridgehead atoms. The van der Waals surface area contributed by atoms with E-state index < -0.39 is 30.1 Å². The average molecular weight is 416 g/mol. The molecule has 2 heterocycles. The van der Waals surface area contributed by atoms with Crippen LogP contribution < -0.4 is 15.0 Å². The minimum absolute atomic E-state index is 0.00583. The van der Waals surface area contributed by atoms with Crippen LogP contribution >= 0.6 is 0 Å². The van der Waals surface area contributed by atoms with Gasteiger partial charge in [0.1, 0.15) is 18.3 Å². The van der Waals surface area contributed by atoms with Crippen molar-refractivity contribution >= 4 is 11.7 Å². The third-order valence-electron chi connectivity index (χ3n) is 4.36. The van der Waals surface area contributed by atoms with E-state index in [1.165, 1.54) is 25.4 Å². The Morgan fingerprint density at radius 2 is 2.03 bits per heavy atom. The maximum atomic E-state index is 14.3. The van der Waals surface area contributed by atoms with Gasteiger partial charge in [0, 0.05) is 25.1 Å². The number of hydrogen-bond donors (Lipinski definition) is 1. The van der Waals surface area contributed by atoms with Crippen molar-refractivity contribution in [1.82, 2.24) is 15.3 Å². The van der Waals surface area contributed by atoms with Crippen molar-refractivity contribution in [2.45, 2.75) is 31.9 Å². The van der Waals surface area contributed by atoms with E-state index in [4.69, 9.17) is 0 Å². The fraction of sp³-hybridized carbons (Fsp3) is 0.389. The summed E-state index contributed by atoms with van der Waals surface area (Å²) in [6.07, 6.45) is -4.73. The summed E-state index contributed by atoms with van der Waals surface area (Å²) in [5.41, 5.74) is 0.470. The monoisotopic (exact) mass is 416 g/mol. The van der Waals surface area contributed by atoms with Crippen molar-refractivity contribution in [3.63, 3.8) is 0 Å². The summed E-state index contributed by atoms with van der Waals surface area (Å²) in [5, 5.41) is 2.56. The van der Waals surface area contributed by atoms with E-state index in [1.807, 2.05) is 0 Å². The summed E-state index contributed by atoms with van der Waals surface area (Å²) in [7, 11) is 0. The zero-order valence-electron chi connectivity index (χ0n) is 15.2. The number of benzene rings is 1. The summed E-state index contributed by atoms with van der Waals surface area (Å²) in [5.74, 6) is -2.07. The van der Waals surface area contributed by atoms with Crippen molar-refractivity contribution in [3.05, 3.63) is 36.4 Å². The largest absolute Gasteiger partial charge is 0.573 e. The Labute approximate surface area is 162 Å². The van der Waals surface area contributed by atoms with Crippen LogP contribution in [0.15, 0.2) is 30.6 Å². The molecule has 1 aromatic carbocycles. The summed E-state index contributed by atoms with van der Waals surface area (Å²) in [4.78, 5) is 20.9. The highest BCUT2D eigenvalue weighted by molar-refractivity contribution is 5.73. The van der Waals surface area contributed by atoms with Gasteiger partial charge in [0.25, 0.3) is 0 Å². The van der Waals surface area contributed by atoms with Crippen molar-refractivity contribution in [1.29, 1.82) is 0 Å². The molecule has 6 nitrogen and oxygen atoms in total. The lowest BCUT2D eigenvalue weighted by Crippen LogP contribution is -2.52. The highest BCUT2D eigenvalue weighted by Gasteiger charge is 2.33. The van der Waals surface area contributed by atoms with E-state index >= 15 is 0 Å². The molecule has 1 fully saturated rings. The van der Waals surface area contributed by atoms with Gasteiger partial charge in [0.2, 0.25) is 5.91 Å². The Morgan fingerprint density at radius 1 is 1.28 bits per heavy atom. The third kappa shape index (κ3) is 5.30. The second-order valence-electron chi connectivity index (χ2n) is 6.51. The number of aromatic nitrogens is 2. The number of nitrogens with zero attached hydrogens (tertiary/aromatic N) is 3. The molecule has 1 saturated heterocycles. The number of amides is 1. The number of piperidine rings is 1. The van der Waals surface area contributed by atoms with Crippen molar-refractivity contribution in [3.8, 4) is 17.0 Å². The number of halogens is 5. The summed E-state index contributed by atoms with van der Waals surface area (Å²) in [6, 6.07) is 3.87. The molecule has 2 aromatic rings. The molecular formula is C18H17F5N4O2. The first-order valence-electron chi connectivity index (χ1n) is 8.66. The van der Waals surface area contributed by atoms with Crippen LogP contribution in [0.4, 0.5) is 27.8 Å². The van der Waals surface area contributed by atoms with Crippen LogP contribution in [0.1, 0.15) is 13.3 Å². The first-order chi connectivity index (χ1) is 13.6. The molecule has 1 N–H and O–H groups in total. The minimum Gasteiger partial charge on any atom is -0.403 e. The zero-order valence-corrected chi connectivity index (χ0v) is 15.2. The van der Waals surface area contributed by atoms with Gasteiger partial charge in [-0.3, -0.25) is 4.79 Å². The van der Waals surface area contributed by atoms with E-state index in [0.29, 0.717) is 18.8 Å². The van der Waals surface area contributed by atoms with E-state index in [2.05, 4.69) is 20.0 Å². The molecule has 29 heavy (non-hydrogen) atoms. The fourth-order valence-electron chi connectivity index (χ4n) is 3.08. The Morgan fingerprint density at radius 3 is 2.66 bits per heavy atom. The lowest BCUT2D eigenvalue weighted by molar-refractivity contribution is -0.275. The van der Waals surface area contributed by atoms with Crippen molar-refractivity contribution < 1.29 is 31.5 Å².